The fourth-order valence-electron chi connectivity index (χ4n) is 1.59. The molecule has 0 aromatic carbocycles. The topological polar surface area (TPSA) is 29.5 Å². The van der Waals surface area contributed by atoms with Crippen molar-refractivity contribution in [2.75, 3.05) is 20.2 Å². The Kier molecular flexibility index (Phi) is 3.72. The molecule has 1 aliphatic rings. The zero-order valence-electron chi connectivity index (χ0n) is 8.75. The van der Waals surface area contributed by atoms with Crippen LogP contribution < -0.4 is 0 Å². The summed E-state index contributed by atoms with van der Waals surface area (Å²) in [5.74, 6) is 0.899. The quantitative estimate of drug-likeness (QED) is 0.648. The average Bonchev–Trinajstić information content (AvgIpc) is 2.17. The van der Waals surface area contributed by atoms with Gasteiger partial charge in [0, 0.05) is 20.2 Å². The van der Waals surface area contributed by atoms with Crippen LogP contribution in [0.1, 0.15) is 26.7 Å². The van der Waals surface area contributed by atoms with E-state index in [0.717, 1.165) is 31.8 Å². The van der Waals surface area contributed by atoms with Gasteiger partial charge >= 0.3 is 0 Å². The maximum absolute atomic E-state index is 11.6. The molecule has 0 N–H and O–H groups in total. The fourth-order valence-corrected chi connectivity index (χ4v) is 1.59. The maximum atomic E-state index is 11.6. The first-order chi connectivity index (χ1) is 6.15. The van der Waals surface area contributed by atoms with Crippen molar-refractivity contribution < 1.29 is 9.53 Å². The van der Waals surface area contributed by atoms with Gasteiger partial charge in [0.05, 0.1) is 0 Å². The number of ether oxygens (including phenoxy) is 1. The first-order valence-corrected chi connectivity index (χ1v) is 4.96. The van der Waals surface area contributed by atoms with Crippen LogP contribution in [0.15, 0.2) is 0 Å². The molecule has 1 amide bonds. The van der Waals surface area contributed by atoms with Crippen molar-refractivity contribution >= 4 is 5.91 Å². The van der Waals surface area contributed by atoms with Gasteiger partial charge in [-0.3, -0.25) is 4.79 Å². The standard InChI is InChI=1S/C10H19NO2/c1-8-4-6-11(7-5-8)10(12)9(2)13-3/h8-9H,4-7H2,1-3H3/t9-/m1/s1. The van der Waals surface area contributed by atoms with Crippen LogP contribution in [0, 0.1) is 5.92 Å². The minimum atomic E-state index is -0.284. The molecule has 1 aliphatic heterocycles. The molecule has 1 saturated heterocycles. The first kappa shape index (κ1) is 10.5. The van der Waals surface area contributed by atoms with Crippen LogP contribution in [-0.2, 0) is 9.53 Å². The van der Waals surface area contributed by atoms with Gasteiger partial charge in [0.2, 0.25) is 0 Å². The van der Waals surface area contributed by atoms with Crippen molar-refractivity contribution in [3.8, 4) is 0 Å². The molecule has 0 unspecified atom stereocenters. The Morgan fingerprint density at radius 3 is 2.46 bits per heavy atom. The van der Waals surface area contributed by atoms with Crippen LogP contribution in [-0.4, -0.2) is 37.1 Å². The Hall–Kier alpha value is -0.570. The predicted molar refractivity (Wildman–Crippen MR) is 51.4 cm³/mol. The molecule has 13 heavy (non-hydrogen) atoms. The van der Waals surface area contributed by atoms with Crippen LogP contribution in [0.25, 0.3) is 0 Å². The lowest BCUT2D eigenvalue weighted by Gasteiger charge is -2.31. The lowest BCUT2D eigenvalue weighted by molar-refractivity contribution is -0.142. The second-order valence-electron chi connectivity index (χ2n) is 3.89. The number of carbonyl (C=O) groups is 1. The Labute approximate surface area is 80.1 Å². The molecule has 0 aliphatic carbocycles. The molecule has 1 heterocycles. The number of nitrogens with zero attached hydrogens (tertiary/aromatic N) is 1. The van der Waals surface area contributed by atoms with E-state index >= 15 is 0 Å². The zero-order chi connectivity index (χ0) is 9.84. The minimum Gasteiger partial charge on any atom is -0.372 e. The molecule has 0 bridgehead atoms. The molecule has 1 rings (SSSR count). The van der Waals surface area contributed by atoms with E-state index in [-0.39, 0.29) is 12.0 Å². The number of hydrogen-bond acceptors (Lipinski definition) is 2. The monoisotopic (exact) mass is 185 g/mol. The highest BCUT2D eigenvalue weighted by atomic mass is 16.5. The van der Waals surface area contributed by atoms with E-state index in [0.29, 0.717) is 0 Å². The van der Waals surface area contributed by atoms with E-state index in [4.69, 9.17) is 4.74 Å². The summed E-state index contributed by atoms with van der Waals surface area (Å²) in [5, 5.41) is 0. The highest BCUT2D eigenvalue weighted by Crippen LogP contribution is 2.16. The summed E-state index contributed by atoms with van der Waals surface area (Å²) in [6.07, 6.45) is 1.97. The number of amides is 1. The second kappa shape index (κ2) is 4.61. The molecule has 0 radical (unpaired) electrons. The molecule has 3 nitrogen and oxygen atoms in total. The Morgan fingerprint density at radius 2 is 2.00 bits per heavy atom. The first-order valence-electron chi connectivity index (χ1n) is 4.96. The van der Waals surface area contributed by atoms with Gasteiger partial charge in [-0.25, -0.2) is 0 Å². The number of piperidine rings is 1. The van der Waals surface area contributed by atoms with Crippen molar-refractivity contribution in [2.45, 2.75) is 32.8 Å². The van der Waals surface area contributed by atoms with Gasteiger partial charge in [-0.2, -0.15) is 0 Å². The van der Waals surface area contributed by atoms with E-state index < -0.39 is 0 Å². The highest BCUT2D eigenvalue weighted by molar-refractivity contribution is 5.80. The molecular weight excluding hydrogens is 166 g/mol. The summed E-state index contributed by atoms with van der Waals surface area (Å²) in [5.41, 5.74) is 0. The van der Waals surface area contributed by atoms with Gasteiger partial charge in [0.25, 0.3) is 5.91 Å². The van der Waals surface area contributed by atoms with E-state index in [2.05, 4.69) is 6.92 Å². The number of hydrogen-bond donors (Lipinski definition) is 0. The third-order valence-electron chi connectivity index (χ3n) is 2.80. The summed E-state index contributed by atoms with van der Waals surface area (Å²) in [4.78, 5) is 13.5. The van der Waals surface area contributed by atoms with Gasteiger partial charge in [-0.1, -0.05) is 6.92 Å². The largest absolute Gasteiger partial charge is 0.372 e. The average molecular weight is 185 g/mol. The number of rotatable bonds is 2. The Bertz CT molecular complexity index is 174. The van der Waals surface area contributed by atoms with E-state index in [9.17, 15) is 4.79 Å². The molecular formula is C10H19NO2. The van der Waals surface area contributed by atoms with Crippen LogP contribution >= 0.6 is 0 Å². The molecule has 3 heteroatoms. The fraction of sp³-hybridized carbons (Fsp3) is 0.900. The molecule has 76 valence electrons. The van der Waals surface area contributed by atoms with Crippen LogP contribution in [0.2, 0.25) is 0 Å². The smallest absolute Gasteiger partial charge is 0.251 e. The van der Waals surface area contributed by atoms with E-state index in [1.807, 2.05) is 4.90 Å². The summed E-state index contributed by atoms with van der Waals surface area (Å²) >= 11 is 0. The van der Waals surface area contributed by atoms with Crippen molar-refractivity contribution in [1.82, 2.24) is 4.90 Å². The van der Waals surface area contributed by atoms with Gasteiger partial charge in [0.15, 0.2) is 0 Å². The van der Waals surface area contributed by atoms with Gasteiger partial charge in [-0.15, -0.1) is 0 Å². The summed E-state index contributed by atoms with van der Waals surface area (Å²) in [7, 11) is 1.58. The van der Waals surface area contributed by atoms with Gasteiger partial charge < -0.3 is 9.64 Å². The van der Waals surface area contributed by atoms with Gasteiger partial charge in [-0.05, 0) is 25.7 Å². The van der Waals surface area contributed by atoms with Gasteiger partial charge in [0.1, 0.15) is 6.10 Å². The minimum absolute atomic E-state index is 0.134. The predicted octanol–water partition coefficient (Wildman–Crippen LogP) is 1.28. The summed E-state index contributed by atoms with van der Waals surface area (Å²) < 4.78 is 5.00. The second-order valence-corrected chi connectivity index (χ2v) is 3.89. The van der Waals surface area contributed by atoms with E-state index in [1.54, 1.807) is 14.0 Å². The molecule has 0 aromatic rings. The Morgan fingerprint density at radius 1 is 1.46 bits per heavy atom. The van der Waals surface area contributed by atoms with Crippen LogP contribution in [0.4, 0.5) is 0 Å². The summed E-state index contributed by atoms with van der Waals surface area (Å²) in [6, 6.07) is 0. The molecule has 1 fully saturated rings. The van der Waals surface area contributed by atoms with E-state index in [1.165, 1.54) is 0 Å². The number of likely N-dealkylation sites (tertiary alicyclic amines) is 1. The molecule has 0 aromatic heterocycles. The van der Waals surface area contributed by atoms with Crippen LogP contribution in [0.5, 0.6) is 0 Å². The van der Waals surface area contributed by atoms with Crippen molar-refractivity contribution in [3.63, 3.8) is 0 Å². The molecule has 0 spiro atoms. The molecule has 0 saturated carbocycles. The SMILES string of the molecule is CO[C@H](C)C(=O)N1CCC(C)CC1. The highest BCUT2D eigenvalue weighted by Gasteiger charge is 2.23. The van der Waals surface area contributed by atoms with Crippen LogP contribution in [0.3, 0.4) is 0 Å². The van der Waals surface area contributed by atoms with Crippen molar-refractivity contribution in [2.24, 2.45) is 5.92 Å². The number of methoxy groups -OCH3 is 1. The number of carbonyl (C=O) groups excluding carboxylic acids is 1. The Balaban J connectivity index is 2.40. The normalized spacial score (nSPS) is 21.6. The lowest BCUT2D eigenvalue weighted by Crippen LogP contribution is -2.43. The third-order valence-corrected chi connectivity index (χ3v) is 2.80. The maximum Gasteiger partial charge on any atom is 0.251 e. The van der Waals surface area contributed by atoms with Crippen molar-refractivity contribution in [3.05, 3.63) is 0 Å². The summed E-state index contributed by atoms with van der Waals surface area (Å²) in [6.45, 7) is 5.84. The zero-order valence-corrected chi connectivity index (χ0v) is 8.75. The molecule has 1 atom stereocenters. The van der Waals surface area contributed by atoms with Crippen molar-refractivity contribution in [1.29, 1.82) is 0 Å². The lowest BCUT2D eigenvalue weighted by atomic mass is 9.99. The third kappa shape index (κ3) is 2.69.